The fourth-order valence-electron chi connectivity index (χ4n) is 4.06. The maximum Gasteiger partial charge on any atom is 0.278 e. The highest BCUT2D eigenvalue weighted by Gasteiger charge is 2.32. The lowest BCUT2D eigenvalue weighted by molar-refractivity contribution is -0.116. The normalized spacial score (nSPS) is 14.6. The lowest BCUT2D eigenvalue weighted by Crippen LogP contribution is -2.37. The second-order valence-electron chi connectivity index (χ2n) is 8.14. The number of para-hydroxylation sites is 1. The zero-order chi connectivity index (χ0) is 23.5. The molecule has 170 valence electrons. The Morgan fingerprint density at radius 1 is 1.15 bits per heavy atom. The molecule has 0 saturated carbocycles. The largest absolute Gasteiger partial charge is 0.495 e. The number of methoxy groups -OCH3 is 1. The molecule has 1 unspecified atom stereocenters. The van der Waals surface area contributed by atoms with Crippen LogP contribution in [-0.2, 0) is 17.8 Å². The van der Waals surface area contributed by atoms with Gasteiger partial charge in [-0.1, -0.05) is 24.3 Å². The first-order valence-corrected chi connectivity index (χ1v) is 10.8. The molecule has 0 saturated heterocycles. The van der Waals surface area contributed by atoms with Gasteiger partial charge in [-0.15, -0.1) is 0 Å². The Kier molecular flexibility index (Phi) is 6.26. The molecule has 0 bridgehead atoms. The van der Waals surface area contributed by atoms with Crippen molar-refractivity contribution in [2.45, 2.75) is 39.3 Å². The van der Waals surface area contributed by atoms with Crippen molar-refractivity contribution in [3.05, 3.63) is 81.8 Å². The summed E-state index contributed by atoms with van der Waals surface area (Å²) in [6.07, 6.45) is 0.786. The number of anilines is 2. The van der Waals surface area contributed by atoms with E-state index in [0.29, 0.717) is 11.4 Å². The molecule has 8 nitrogen and oxygen atoms in total. The van der Waals surface area contributed by atoms with Crippen LogP contribution >= 0.6 is 0 Å². The van der Waals surface area contributed by atoms with E-state index in [4.69, 9.17) is 4.74 Å². The number of hydrogen-bond donors (Lipinski definition) is 1. The third-order valence-corrected chi connectivity index (χ3v) is 5.69. The molecule has 1 aromatic heterocycles. The minimum absolute atomic E-state index is 0.00725. The van der Waals surface area contributed by atoms with Gasteiger partial charge in [-0.2, -0.15) is 5.10 Å². The van der Waals surface area contributed by atoms with E-state index in [9.17, 15) is 14.4 Å². The average Bonchev–Trinajstić information content (AvgIpc) is 3.14. The van der Waals surface area contributed by atoms with Crippen LogP contribution in [0.4, 0.5) is 11.4 Å². The number of aromatic nitrogens is 2. The second-order valence-corrected chi connectivity index (χ2v) is 8.14. The van der Waals surface area contributed by atoms with Gasteiger partial charge in [-0.05, 0) is 55.7 Å². The standard InChI is InChI=1S/C25H26N4O4/c1-16-8-10-22(33-3)20(14-16)26-23(30)12-13-28-24(31)11-9-19(27-28)25(32)29-17(2)15-18-6-4-5-7-21(18)29/h4-11,14,17H,12-13,15H2,1-3H3,(H,26,30). The van der Waals surface area contributed by atoms with Crippen LogP contribution < -0.4 is 20.5 Å². The number of carbonyl (C=O) groups excluding carboxylic acids is 2. The molecule has 1 aliphatic rings. The van der Waals surface area contributed by atoms with Gasteiger partial charge < -0.3 is 15.0 Å². The summed E-state index contributed by atoms with van der Waals surface area (Å²) in [6.45, 7) is 3.95. The molecule has 0 radical (unpaired) electrons. The molecule has 4 rings (SSSR count). The van der Waals surface area contributed by atoms with Gasteiger partial charge in [-0.3, -0.25) is 14.4 Å². The van der Waals surface area contributed by atoms with Gasteiger partial charge >= 0.3 is 0 Å². The third-order valence-electron chi connectivity index (χ3n) is 5.69. The van der Waals surface area contributed by atoms with E-state index in [1.807, 2.05) is 50.2 Å². The molecule has 1 atom stereocenters. The quantitative estimate of drug-likeness (QED) is 0.628. The summed E-state index contributed by atoms with van der Waals surface area (Å²) in [4.78, 5) is 39.7. The predicted octanol–water partition coefficient (Wildman–Crippen LogP) is 3.18. The van der Waals surface area contributed by atoms with E-state index >= 15 is 0 Å². The van der Waals surface area contributed by atoms with Crippen molar-refractivity contribution in [3.8, 4) is 5.75 Å². The molecule has 2 amide bonds. The van der Waals surface area contributed by atoms with Crippen LogP contribution in [0, 0.1) is 6.92 Å². The van der Waals surface area contributed by atoms with E-state index in [2.05, 4.69) is 10.4 Å². The molecule has 0 aliphatic carbocycles. The van der Waals surface area contributed by atoms with Gasteiger partial charge in [0.2, 0.25) is 5.91 Å². The van der Waals surface area contributed by atoms with Crippen molar-refractivity contribution >= 4 is 23.2 Å². The monoisotopic (exact) mass is 446 g/mol. The summed E-state index contributed by atoms with van der Waals surface area (Å²) in [6, 6.07) is 16.0. The summed E-state index contributed by atoms with van der Waals surface area (Å²) in [7, 11) is 1.53. The Hall–Kier alpha value is -3.94. The summed E-state index contributed by atoms with van der Waals surface area (Å²) < 4.78 is 6.44. The first-order chi connectivity index (χ1) is 15.9. The van der Waals surface area contributed by atoms with Crippen LogP contribution in [0.5, 0.6) is 5.75 Å². The number of nitrogens with zero attached hydrogens (tertiary/aromatic N) is 3. The topological polar surface area (TPSA) is 93.5 Å². The first-order valence-electron chi connectivity index (χ1n) is 10.8. The number of nitrogens with one attached hydrogen (secondary N) is 1. The third kappa shape index (κ3) is 4.64. The summed E-state index contributed by atoms with van der Waals surface area (Å²) in [5.41, 5.74) is 3.30. The maximum atomic E-state index is 13.2. The zero-order valence-corrected chi connectivity index (χ0v) is 18.9. The molecule has 8 heteroatoms. The first kappa shape index (κ1) is 22.3. The number of ether oxygens (including phenoxy) is 1. The fourth-order valence-corrected chi connectivity index (χ4v) is 4.06. The summed E-state index contributed by atoms with van der Waals surface area (Å²) in [5.74, 6) is -0.00146. The highest BCUT2D eigenvalue weighted by Crippen LogP contribution is 2.32. The van der Waals surface area contributed by atoms with E-state index in [1.165, 1.54) is 19.2 Å². The van der Waals surface area contributed by atoms with Crippen LogP contribution in [0.15, 0.2) is 59.4 Å². The lowest BCUT2D eigenvalue weighted by Gasteiger charge is -2.22. The van der Waals surface area contributed by atoms with Crippen LogP contribution in [0.25, 0.3) is 0 Å². The van der Waals surface area contributed by atoms with Gasteiger partial charge in [-0.25, -0.2) is 4.68 Å². The number of amides is 2. The molecule has 2 aromatic carbocycles. The highest BCUT2D eigenvalue weighted by atomic mass is 16.5. The number of benzene rings is 2. The van der Waals surface area contributed by atoms with Crippen molar-refractivity contribution in [3.63, 3.8) is 0 Å². The molecule has 0 fully saturated rings. The SMILES string of the molecule is COc1ccc(C)cc1NC(=O)CCn1nc(C(=O)N2c3ccccc3CC2C)ccc1=O. The fraction of sp³-hybridized carbons (Fsp3) is 0.280. The molecular weight excluding hydrogens is 420 g/mol. The number of aryl methyl sites for hydroxylation is 2. The predicted molar refractivity (Wildman–Crippen MR) is 126 cm³/mol. The minimum atomic E-state index is -0.373. The van der Waals surface area contributed by atoms with Gasteiger partial charge in [0.25, 0.3) is 11.5 Å². The van der Waals surface area contributed by atoms with Gasteiger partial charge in [0.05, 0.1) is 19.3 Å². The van der Waals surface area contributed by atoms with E-state index in [1.54, 1.807) is 11.0 Å². The Bertz CT molecular complexity index is 1270. The molecule has 1 N–H and O–H groups in total. The van der Waals surface area contributed by atoms with Crippen molar-refractivity contribution < 1.29 is 14.3 Å². The van der Waals surface area contributed by atoms with Crippen LogP contribution in [0.1, 0.15) is 35.0 Å². The van der Waals surface area contributed by atoms with Crippen molar-refractivity contribution in [1.82, 2.24) is 9.78 Å². The van der Waals surface area contributed by atoms with Crippen LogP contribution in [-0.4, -0.2) is 34.7 Å². The van der Waals surface area contributed by atoms with E-state index in [-0.39, 0.29) is 42.1 Å². The van der Waals surface area contributed by atoms with E-state index in [0.717, 1.165) is 27.9 Å². The molecule has 1 aliphatic heterocycles. The maximum absolute atomic E-state index is 13.2. The smallest absolute Gasteiger partial charge is 0.278 e. The van der Waals surface area contributed by atoms with Crippen molar-refractivity contribution in [2.24, 2.45) is 0 Å². The number of carbonyl (C=O) groups is 2. The molecule has 33 heavy (non-hydrogen) atoms. The Labute approximate surface area is 191 Å². The highest BCUT2D eigenvalue weighted by molar-refractivity contribution is 6.06. The van der Waals surface area contributed by atoms with Crippen molar-refractivity contribution in [1.29, 1.82) is 0 Å². The average molecular weight is 447 g/mol. The van der Waals surface area contributed by atoms with Gasteiger partial charge in [0, 0.05) is 24.2 Å². The van der Waals surface area contributed by atoms with E-state index < -0.39 is 0 Å². The molecule has 2 heterocycles. The van der Waals surface area contributed by atoms with Crippen LogP contribution in [0.3, 0.4) is 0 Å². The van der Waals surface area contributed by atoms with Gasteiger partial charge in [0.15, 0.2) is 0 Å². The van der Waals surface area contributed by atoms with Crippen LogP contribution in [0.2, 0.25) is 0 Å². The summed E-state index contributed by atoms with van der Waals surface area (Å²) in [5, 5.41) is 7.07. The lowest BCUT2D eigenvalue weighted by atomic mass is 10.1. The number of hydrogen-bond acceptors (Lipinski definition) is 5. The number of fused-ring (bicyclic) bond motifs is 1. The Morgan fingerprint density at radius 3 is 2.73 bits per heavy atom. The Balaban J connectivity index is 1.48. The Morgan fingerprint density at radius 2 is 1.94 bits per heavy atom. The minimum Gasteiger partial charge on any atom is -0.495 e. The zero-order valence-electron chi connectivity index (χ0n) is 18.9. The molecule has 0 spiro atoms. The summed E-state index contributed by atoms with van der Waals surface area (Å²) >= 11 is 0. The van der Waals surface area contributed by atoms with Gasteiger partial charge in [0.1, 0.15) is 11.4 Å². The molecule has 3 aromatic rings. The molecular formula is C25H26N4O4. The van der Waals surface area contributed by atoms with Crippen molar-refractivity contribution in [2.75, 3.05) is 17.3 Å². The number of rotatable bonds is 6. The second kappa shape index (κ2) is 9.28.